The van der Waals surface area contributed by atoms with Crippen molar-refractivity contribution >= 4 is 96.8 Å². The fourth-order valence-corrected chi connectivity index (χ4v) is 10.8. The highest BCUT2D eigenvalue weighted by atomic mass is 32.2. The number of hydrogen-bond acceptors (Lipinski definition) is 14. The van der Waals surface area contributed by atoms with Gasteiger partial charge in [-0.15, -0.1) is 0 Å². The molecule has 0 bridgehead atoms. The number of nitrogens with zero attached hydrogens (tertiary/aromatic N) is 8. The Labute approximate surface area is 486 Å². The minimum atomic E-state index is -4.40. The van der Waals surface area contributed by atoms with Crippen LogP contribution >= 0.6 is 0 Å². The van der Waals surface area contributed by atoms with Gasteiger partial charge in [-0.2, -0.15) is 10.1 Å². The third-order valence-electron chi connectivity index (χ3n) is 14.9. The maximum Gasteiger partial charge on any atom is 0.265 e. The molecule has 0 saturated heterocycles. The highest BCUT2D eigenvalue weighted by molar-refractivity contribution is 7.89. The zero-order valence-electron chi connectivity index (χ0n) is 48.3. The lowest BCUT2D eigenvalue weighted by Crippen LogP contribution is -2.48. The van der Waals surface area contributed by atoms with Crippen LogP contribution in [0.25, 0.3) is 22.6 Å². The summed E-state index contributed by atoms with van der Waals surface area (Å²) in [5.74, 6) is -4.26. The molecule has 440 valence electrons. The number of halogens is 1. The van der Waals surface area contributed by atoms with Gasteiger partial charge in [-0.3, -0.25) is 33.4 Å². The number of aromatic nitrogens is 5. The Morgan fingerprint density at radius 3 is 2.30 bits per heavy atom. The van der Waals surface area contributed by atoms with Crippen molar-refractivity contribution in [3.63, 3.8) is 0 Å². The number of fused-ring (bicyclic) bond motifs is 2. The number of primary sulfonamides is 1. The molecule has 6 N–H and O–H groups in total. The summed E-state index contributed by atoms with van der Waals surface area (Å²) in [6.07, 6.45) is 1.05. The van der Waals surface area contributed by atoms with Crippen LogP contribution in [0.2, 0.25) is 0 Å². The van der Waals surface area contributed by atoms with Crippen LogP contribution in [0.3, 0.4) is 0 Å². The van der Waals surface area contributed by atoms with E-state index in [9.17, 15) is 32.4 Å². The number of carbonyl (C=O) groups is 6. The van der Waals surface area contributed by atoms with Crippen molar-refractivity contribution in [3.05, 3.63) is 142 Å². The molecule has 24 heteroatoms. The molecule has 0 radical (unpaired) electrons. The number of methoxy groups -OCH3 is 1. The van der Waals surface area contributed by atoms with Crippen molar-refractivity contribution in [2.75, 3.05) is 55.0 Å². The molecule has 4 heterocycles. The monoisotopic (exact) mass is 1170 g/mol. The second-order valence-corrected chi connectivity index (χ2v) is 21.9. The summed E-state index contributed by atoms with van der Waals surface area (Å²) >= 11 is 0. The number of anilines is 5. The average molecular weight is 1170 g/mol. The molecule has 6 amide bonds. The average Bonchev–Trinajstić information content (AvgIpc) is 3.86. The number of aryl methyl sites for hydroxylation is 4. The first-order valence-corrected chi connectivity index (χ1v) is 28.8. The van der Waals surface area contributed by atoms with Crippen LogP contribution in [0.5, 0.6) is 5.75 Å². The lowest BCUT2D eigenvalue weighted by molar-refractivity contribution is -0.129. The molecule has 0 spiro atoms. The van der Waals surface area contributed by atoms with Crippen molar-refractivity contribution < 1.29 is 46.3 Å². The Hall–Kier alpha value is -9.13. The Bertz CT molecular complexity index is 3840. The molecule has 4 aromatic carbocycles. The number of carbonyl (C=O) groups excluding carboxylic acids is 6. The molecule has 1 aliphatic rings. The number of nitrogens with one attached hydrogen (secondary N) is 4. The predicted molar refractivity (Wildman–Crippen MR) is 318 cm³/mol. The second kappa shape index (κ2) is 26.0. The molecular formula is C60H68FN13O9S. The van der Waals surface area contributed by atoms with Crippen molar-refractivity contribution in [1.82, 2.24) is 45.6 Å². The van der Waals surface area contributed by atoms with Crippen LogP contribution in [-0.2, 0) is 47.6 Å². The third kappa shape index (κ3) is 13.5. The number of benzene rings is 4. The van der Waals surface area contributed by atoms with Crippen LogP contribution in [0.1, 0.15) is 89.2 Å². The highest BCUT2D eigenvalue weighted by Gasteiger charge is 2.39. The summed E-state index contributed by atoms with van der Waals surface area (Å²) in [5.41, 5.74) is 5.12. The van der Waals surface area contributed by atoms with Gasteiger partial charge >= 0.3 is 0 Å². The van der Waals surface area contributed by atoms with Gasteiger partial charge in [0.25, 0.3) is 17.7 Å². The Morgan fingerprint density at radius 1 is 0.881 bits per heavy atom. The summed E-state index contributed by atoms with van der Waals surface area (Å²) in [7, 11) is 0.711. The Kier molecular flexibility index (Phi) is 18.9. The quantitative estimate of drug-likeness (QED) is 0.0417. The lowest BCUT2D eigenvalue weighted by Gasteiger charge is -2.28. The Morgan fingerprint density at radius 2 is 1.60 bits per heavy atom. The summed E-state index contributed by atoms with van der Waals surface area (Å²) in [6.45, 7) is 13.8. The van der Waals surface area contributed by atoms with Crippen LogP contribution in [-0.4, -0.2) is 120 Å². The predicted octanol–water partition coefficient (Wildman–Crippen LogP) is 6.70. The van der Waals surface area contributed by atoms with Gasteiger partial charge in [-0.25, -0.2) is 32.7 Å². The zero-order valence-corrected chi connectivity index (χ0v) is 49.1. The van der Waals surface area contributed by atoms with Crippen molar-refractivity contribution in [1.29, 1.82) is 0 Å². The molecule has 1 atom stereocenters. The van der Waals surface area contributed by atoms with Crippen molar-refractivity contribution in [2.24, 2.45) is 12.2 Å². The molecule has 1 aliphatic heterocycles. The molecule has 8 rings (SSSR count). The number of H-pyrrole nitrogens is 1. The van der Waals surface area contributed by atoms with E-state index in [1.165, 1.54) is 50.6 Å². The van der Waals surface area contributed by atoms with Crippen molar-refractivity contribution in [2.45, 2.75) is 84.7 Å². The molecule has 3 aromatic heterocycles. The molecule has 0 aliphatic carbocycles. The molecule has 22 nitrogen and oxygen atoms in total. The van der Waals surface area contributed by atoms with E-state index in [0.717, 1.165) is 51.7 Å². The van der Waals surface area contributed by atoms with Gasteiger partial charge in [0.1, 0.15) is 23.4 Å². The number of imide groups is 1. The van der Waals surface area contributed by atoms with Gasteiger partial charge in [0.05, 0.1) is 40.0 Å². The highest BCUT2D eigenvalue weighted by Crippen LogP contribution is 2.40. The number of nitrogens with two attached hydrogens (primary N) is 1. The number of sulfonamides is 1. The van der Waals surface area contributed by atoms with Gasteiger partial charge in [0.15, 0.2) is 0 Å². The first-order valence-electron chi connectivity index (χ1n) is 27.3. The van der Waals surface area contributed by atoms with E-state index in [1.54, 1.807) is 60.8 Å². The molecular weight excluding hydrogens is 1100 g/mol. The third-order valence-corrected chi connectivity index (χ3v) is 16.0. The van der Waals surface area contributed by atoms with E-state index in [4.69, 9.17) is 14.9 Å². The summed E-state index contributed by atoms with van der Waals surface area (Å²) in [5, 5.41) is 19.7. The number of likely N-dealkylation sites (N-methyl/N-ethyl adjacent to an activating group) is 1. The minimum Gasteiger partial charge on any atom is -0.497 e. The van der Waals surface area contributed by atoms with Crippen molar-refractivity contribution in [3.8, 4) is 5.75 Å². The van der Waals surface area contributed by atoms with E-state index >= 15 is 9.18 Å². The Balaban J connectivity index is 1.12. The fraction of sp³-hybridized carbons (Fsp3) is 0.317. The number of rotatable bonds is 23. The fourth-order valence-electron chi connectivity index (χ4n) is 10.00. The maximum atomic E-state index is 15.6. The number of ether oxygens (including phenoxy) is 1. The molecule has 0 fully saturated rings. The molecule has 0 unspecified atom stereocenters. The number of hydrogen-bond donors (Lipinski definition) is 5. The van der Waals surface area contributed by atoms with Crippen LogP contribution in [0.4, 0.5) is 33.2 Å². The zero-order chi connectivity index (χ0) is 60.7. The number of aromatic amines is 1. The smallest absolute Gasteiger partial charge is 0.265 e. The largest absolute Gasteiger partial charge is 0.497 e. The van der Waals surface area contributed by atoms with Gasteiger partial charge in [-0.1, -0.05) is 32.0 Å². The van der Waals surface area contributed by atoms with E-state index < -0.39 is 70.7 Å². The lowest BCUT2D eigenvalue weighted by atomic mass is 10.0. The van der Waals surface area contributed by atoms with Crippen LogP contribution < -0.4 is 40.5 Å². The summed E-state index contributed by atoms with van der Waals surface area (Å²) in [4.78, 5) is 104. The first-order chi connectivity index (χ1) is 40.0. The first kappa shape index (κ1) is 61.0. The topological polar surface area (TPSA) is 280 Å². The van der Waals surface area contributed by atoms with Gasteiger partial charge in [0, 0.05) is 92.9 Å². The molecule has 84 heavy (non-hydrogen) atoms. The maximum absolute atomic E-state index is 15.6. The van der Waals surface area contributed by atoms with E-state index in [0.29, 0.717) is 52.6 Å². The molecule has 0 saturated carbocycles. The molecule has 7 aromatic rings. The minimum absolute atomic E-state index is 0.0454. The SMILES string of the molecule is CCN(CC)CCNC(=O)c1c(C)[nH]c(/C=C2\C(=O)N(C(=O)CC[C@@H](NC(=O)CCC(=O)NCc3ccc(OC)cc3)C(=O)N(c3ccc(C)c(S(N)(=O)=O)c3)c3nccc(N(C)c4ccc5c(C)n(C)nc5c4)n3)c3ccc(F)cc32)c1C. The van der Waals surface area contributed by atoms with Gasteiger partial charge < -0.3 is 35.5 Å². The normalized spacial score (nSPS) is 13.1. The van der Waals surface area contributed by atoms with Gasteiger partial charge in [0.2, 0.25) is 33.7 Å². The van der Waals surface area contributed by atoms with Crippen LogP contribution in [0.15, 0.2) is 96.0 Å². The van der Waals surface area contributed by atoms with Crippen LogP contribution in [0, 0.1) is 33.5 Å². The summed E-state index contributed by atoms with van der Waals surface area (Å²) in [6, 6.07) is 20.2. The van der Waals surface area contributed by atoms with Gasteiger partial charge in [-0.05, 0) is 137 Å². The number of amides is 6. The van der Waals surface area contributed by atoms with E-state index in [1.807, 2.05) is 46.0 Å². The summed E-state index contributed by atoms with van der Waals surface area (Å²) < 4.78 is 48.2. The van der Waals surface area contributed by atoms with E-state index in [-0.39, 0.29) is 63.6 Å². The van der Waals surface area contributed by atoms with E-state index in [2.05, 4.69) is 35.9 Å². The standard InChI is InChI=1S/C60H68FN13O9S/c1-10-72(11-2)29-28-63-57(78)56-36(4)48(66-37(56)5)33-46-45-30-40(61)15-22-50(45)74(58(46)79)55(77)25-21-47(67-54(76)24-23-53(75)65-34-39-13-18-43(83-9)19-14-39)59(80)73(42-16-12-35(3)51(32-42)84(62,81)82)60-64-27-26-52(68-60)70(7)41-17-20-44-38(6)71(8)69-49(44)31-41/h12-20,22,26-27,30-33,47,66H,10-11,21,23-25,28-29,34H2,1-9H3,(H,63,78)(H,65,75)(H,67,76)(H2,62,81,82)/b46-33-/t47-/m1/s1. The second-order valence-electron chi connectivity index (χ2n) is 20.3.